The van der Waals surface area contributed by atoms with E-state index in [4.69, 9.17) is 10.5 Å². The van der Waals surface area contributed by atoms with Crippen molar-refractivity contribution in [2.45, 2.75) is 44.2 Å². The molecule has 0 radical (unpaired) electrons. The number of nitrogens with two attached hydrogens (primary N) is 1. The molecular weight excluding hydrogens is 248 g/mol. The SMILES string of the molecule is CCCN1CCOC(CN)C1c1cccc(C2CC2)c1. The van der Waals surface area contributed by atoms with E-state index in [1.165, 1.54) is 30.4 Å². The Bertz CT molecular complexity index is 442. The highest BCUT2D eigenvalue weighted by Gasteiger charge is 2.33. The third kappa shape index (κ3) is 2.90. The molecule has 2 fully saturated rings. The summed E-state index contributed by atoms with van der Waals surface area (Å²) in [6.07, 6.45) is 4.01. The van der Waals surface area contributed by atoms with Crippen molar-refractivity contribution in [3.63, 3.8) is 0 Å². The quantitative estimate of drug-likeness (QED) is 0.897. The molecule has 1 aromatic carbocycles. The van der Waals surface area contributed by atoms with Crippen LogP contribution in [0.1, 0.15) is 49.3 Å². The second-order valence-corrected chi connectivity index (χ2v) is 6.07. The third-order valence-electron chi connectivity index (χ3n) is 4.50. The molecule has 3 rings (SSSR count). The van der Waals surface area contributed by atoms with Gasteiger partial charge in [0.05, 0.1) is 18.8 Å². The van der Waals surface area contributed by atoms with Gasteiger partial charge in [0.2, 0.25) is 0 Å². The van der Waals surface area contributed by atoms with Crippen LogP contribution in [0.4, 0.5) is 0 Å². The lowest BCUT2D eigenvalue weighted by molar-refractivity contribution is -0.0676. The first kappa shape index (κ1) is 14.1. The Balaban J connectivity index is 1.87. The van der Waals surface area contributed by atoms with Gasteiger partial charge in [0.25, 0.3) is 0 Å². The summed E-state index contributed by atoms with van der Waals surface area (Å²) in [5.74, 6) is 0.801. The summed E-state index contributed by atoms with van der Waals surface area (Å²) in [7, 11) is 0. The minimum atomic E-state index is 0.129. The molecule has 0 amide bonds. The Morgan fingerprint density at radius 3 is 2.80 bits per heavy atom. The first-order valence-electron chi connectivity index (χ1n) is 7.99. The van der Waals surface area contributed by atoms with Crippen molar-refractivity contribution < 1.29 is 4.74 Å². The van der Waals surface area contributed by atoms with Crippen LogP contribution in [-0.4, -0.2) is 37.2 Å². The lowest BCUT2D eigenvalue weighted by atomic mass is 9.95. The molecule has 3 heteroatoms. The second kappa shape index (κ2) is 6.25. The molecule has 1 aliphatic heterocycles. The fraction of sp³-hybridized carbons (Fsp3) is 0.647. The molecule has 20 heavy (non-hydrogen) atoms. The Labute approximate surface area is 122 Å². The molecule has 1 saturated carbocycles. The van der Waals surface area contributed by atoms with Crippen molar-refractivity contribution in [2.24, 2.45) is 5.73 Å². The minimum Gasteiger partial charge on any atom is -0.374 e. The van der Waals surface area contributed by atoms with Gasteiger partial charge in [-0.3, -0.25) is 4.90 Å². The molecule has 1 saturated heterocycles. The molecule has 2 atom stereocenters. The maximum atomic E-state index is 5.95. The molecule has 1 aromatic rings. The Morgan fingerprint density at radius 2 is 2.10 bits per heavy atom. The maximum Gasteiger partial charge on any atom is 0.0894 e. The van der Waals surface area contributed by atoms with E-state index in [9.17, 15) is 0 Å². The van der Waals surface area contributed by atoms with Crippen molar-refractivity contribution in [3.8, 4) is 0 Å². The van der Waals surface area contributed by atoms with Crippen LogP contribution in [-0.2, 0) is 4.74 Å². The highest BCUT2D eigenvalue weighted by molar-refractivity contribution is 5.32. The predicted octanol–water partition coefficient (Wildman–Crippen LogP) is 2.67. The molecule has 0 spiro atoms. The van der Waals surface area contributed by atoms with Gasteiger partial charge in [0.1, 0.15) is 0 Å². The zero-order valence-corrected chi connectivity index (χ0v) is 12.4. The van der Waals surface area contributed by atoms with Gasteiger partial charge in [-0.15, -0.1) is 0 Å². The maximum absolute atomic E-state index is 5.95. The van der Waals surface area contributed by atoms with E-state index in [1.54, 1.807) is 0 Å². The van der Waals surface area contributed by atoms with Crippen molar-refractivity contribution in [3.05, 3.63) is 35.4 Å². The molecular formula is C17H26N2O. The van der Waals surface area contributed by atoms with Gasteiger partial charge < -0.3 is 10.5 Å². The fourth-order valence-corrected chi connectivity index (χ4v) is 3.36. The van der Waals surface area contributed by atoms with Crippen LogP contribution in [0, 0.1) is 0 Å². The summed E-state index contributed by atoms with van der Waals surface area (Å²) < 4.78 is 5.92. The molecule has 3 nitrogen and oxygen atoms in total. The smallest absolute Gasteiger partial charge is 0.0894 e. The van der Waals surface area contributed by atoms with Crippen LogP contribution >= 0.6 is 0 Å². The van der Waals surface area contributed by atoms with Crippen LogP contribution in [0.5, 0.6) is 0 Å². The Hall–Kier alpha value is -0.900. The average Bonchev–Trinajstić information content (AvgIpc) is 3.32. The number of hydrogen-bond acceptors (Lipinski definition) is 3. The first-order valence-corrected chi connectivity index (χ1v) is 7.99. The highest BCUT2D eigenvalue weighted by atomic mass is 16.5. The number of hydrogen-bond donors (Lipinski definition) is 1. The second-order valence-electron chi connectivity index (χ2n) is 6.07. The fourth-order valence-electron chi connectivity index (χ4n) is 3.36. The number of morpholine rings is 1. The molecule has 1 heterocycles. The summed E-state index contributed by atoms with van der Waals surface area (Å²) in [6, 6.07) is 9.44. The normalized spacial score (nSPS) is 27.7. The van der Waals surface area contributed by atoms with Crippen molar-refractivity contribution in [1.82, 2.24) is 4.90 Å². The topological polar surface area (TPSA) is 38.5 Å². The van der Waals surface area contributed by atoms with Gasteiger partial charge in [-0.25, -0.2) is 0 Å². The number of rotatable bonds is 5. The number of ether oxygens (including phenoxy) is 1. The highest BCUT2D eigenvalue weighted by Crippen LogP contribution is 2.41. The van der Waals surface area contributed by atoms with Crippen LogP contribution in [0.2, 0.25) is 0 Å². The average molecular weight is 274 g/mol. The predicted molar refractivity (Wildman–Crippen MR) is 81.8 cm³/mol. The molecule has 0 aromatic heterocycles. The lowest BCUT2D eigenvalue weighted by Gasteiger charge is -2.41. The van der Waals surface area contributed by atoms with Gasteiger partial charge in [-0.1, -0.05) is 31.2 Å². The van der Waals surface area contributed by atoms with E-state index >= 15 is 0 Å². The summed E-state index contributed by atoms with van der Waals surface area (Å²) in [4.78, 5) is 2.55. The van der Waals surface area contributed by atoms with Gasteiger partial charge >= 0.3 is 0 Å². The van der Waals surface area contributed by atoms with Gasteiger partial charge in [0.15, 0.2) is 0 Å². The van der Waals surface area contributed by atoms with Crippen molar-refractivity contribution in [2.75, 3.05) is 26.2 Å². The van der Waals surface area contributed by atoms with Gasteiger partial charge in [0, 0.05) is 13.1 Å². The van der Waals surface area contributed by atoms with Crippen LogP contribution in [0.15, 0.2) is 24.3 Å². The third-order valence-corrected chi connectivity index (χ3v) is 4.50. The van der Waals surface area contributed by atoms with E-state index in [-0.39, 0.29) is 6.10 Å². The molecule has 2 unspecified atom stereocenters. The van der Waals surface area contributed by atoms with Crippen molar-refractivity contribution in [1.29, 1.82) is 0 Å². The van der Waals surface area contributed by atoms with Crippen LogP contribution in [0.25, 0.3) is 0 Å². The monoisotopic (exact) mass is 274 g/mol. The minimum absolute atomic E-state index is 0.129. The van der Waals surface area contributed by atoms with Crippen LogP contribution < -0.4 is 5.73 Å². The van der Waals surface area contributed by atoms with Crippen molar-refractivity contribution >= 4 is 0 Å². The molecule has 0 bridgehead atoms. The van der Waals surface area contributed by atoms with E-state index in [0.29, 0.717) is 12.6 Å². The Kier molecular flexibility index (Phi) is 4.39. The van der Waals surface area contributed by atoms with Gasteiger partial charge in [-0.2, -0.15) is 0 Å². The summed E-state index contributed by atoms with van der Waals surface area (Å²) >= 11 is 0. The number of nitrogens with zero attached hydrogens (tertiary/aromatic N) is 1. The van der Waals surface area contributed by atoms with E-state index in [0.717, 1.165) is 25.6 Å². The summed E-state index contributed by atoms with van der Waals surface area (Å²) in [5, 5.41) is 0. The first-order chi connectivity index (χ1) is 9.83. The van der Waals surface area contributed by atoms with Crippen LogP contribution in [0.3, 0.4) is 0 Å². The molecule has 1 aliphatic carbocycles. The molecule has 110 valence electrons. The van der Waals surface area contributed by atoms with E-state index in [2.05, 4.69) is 36.1 Å². The van der Waals surface area contributed by atoms with E-state index < -0.39 is 0 Å². The summed E-state index contributed by atoms with van der Waals surface area (Å²) in [5.41, 5.74) is 8.84. The number of benzene rings is 1. The summed E-state index contributed by atoms with van der Waals surface area (Å²) in [6.45, 7) is 5.78. The zero-order valence-electron chi connectivity index (χ0n) is 12.4. The van der Waals surface area contributed by atoms with E-state index in [1.807, 2.05) is 0 Å². The molecule has 2 N–H and O–H groups in total. The standard InChI is InChI=1S/C17H26N2O/c1-2-8-19-9-10-20-16(12-18)17(19)15-5-3-4-14(11-15)13-6-7-13/h3-5,11,13,16-17H,2,6-10,12,18H2,1H3. The lowest BCUT2D eigenvalue weighted by Crippen LogP contribution is -2.48. The molecule has 2 aliphatic rings. The van der Waals surface area contributed by atoms with Gasteiger partial charge in [-0.05, 0) is 42.9 Å². The zero-order chi connectivity index (χ0) is 13.9. The Morgan fingerprint density at radius 1 is 1.30 bits per heavy atom. The largest absolute Gasteiger partial charge is 0.374 e.